The predicted molar refractivity (Wildman–Crippen MR) is 74.0 cm³/mol. The molecule has 0 bridgehead atoms. The van der Waals surface area contributed by atoms with Gasteiger partial charge in [0.1, 0.15) is 6.04 Å². The number of hydrogen-bond acceptors (Lipinski definition) is 4. The Labute approximate surface area is 117 Å². The van der Waals surface area contributed by atoms with E-state index in [4.69, 9.17) is 0 Å². The fourth-order valence-electron chi connectivity index (χ4n) is 2.02. The van der Waals surface area contributed by atoms with E-state index >= 15 is 0 Å². The Hall–Kier alpha value is -1.04. The highest BCUT2D eigenvalue weighted by Crippen LogP contribution is 2.19. The molecule has 0 aromatic heterocycles. The maximum absolute atomic E-state index is 11.7. The SMILES string of the molecule is CCCCSCCC(C(=O)O)N1C(=O)CCCC1=O. The van der Waals surface area contributed by atoms with Crippen LogP contribution >= 0.6 is 11.8 Å². The smallest absolute Gasteiger partial charge is 0.326 e. The molecule has 2 amide bonds. The molecule has 108 valence electrons. The van der Waals surface area contributed by atoms with Crippen LogP contribution in [0.3, 0.4) is 0 Å². The van der Waals surface area contributed by atoms with Crippen molar-refractivity contribution >= 4 is 29.5 Å². The number of carboxylic acids is 1. The number of carboxylic acid groups (broad SMARTS) is 1. The Bertz CT molecular complexity index is 330. The summed E-state index contributed by atoms with van der Waals surface area (Å²) in [6.07, 6.45) is 3.63. The number of carbonyl (C=O) groups excluding carboxylic acids is 2. The van der Waals surface area contributed by atoms with Gasteiger partial charge in [-0.2, -0.15) is 11.8 Å². The largest absolute Gasteiger partial charge is 0.480 e. The Morgan fingerprint density at radius 3 is 2.47 bits per heavy atom. The van der Waals surface area contributed by atoms with Crippen LogP contribution in [0.1, 0.15) is 45.4 Å². The number of imide groups is 1. The standard InChI is InChI=1S/C13H21NO4S/c1-2-3-8-19-9-7-10(13(17)18)14-11(15)5-4-6-12(14)16/h10H,2-9H2,1H3,(H,17,18). The Balaban J connectivity index is 2.53. The summed E-state index contributed by atoms with van der Waals surface area (Å²) in [6, 6.07) is -0.991. The molecule has 1 unspecified atom stereocenters. The third-order valence-corrected chi connectivity index (χ3v) is 4.19. The van der Waals surface area contributed by atoms with Crippen molar-refractivity contribution in [3.05, 3.63) is 0 Å². The third kappa shape index (κ3) is 4.86. The lowest BCUT2D eigenvalue weighted by Crippen LogP contribution is -2.50. The van der Waals surface area contributed by atoms with E-state index < -0.39 is 12.0 Å². The second-order valence-corrected chi connectivity index (χ2v) is 5.84. The van der Waals surface area contributed by atoms with Crippen LogP contribution in [0.25, 0.3) is 0 Å². The van der Waals surface area contributed by atoms with Crippen molar-refractivity contribution in [1.29, 1.82) is 0 Å². The van der Waals surface area contributed by atoms with Gasteiger partial charge >= 0.3 is 5.97 Å². The van der Waals surface area contributed by atoms with Gasteiger partial charge in [0.15, 0.2) is 0 Å². The minimum absolute atomic E-state index is 0.276. The van der Waals surface area contributed by atoms with Crippen molar-refractivity contribution in [3.63, 3.8) is 0 Å². The van der Waals surface area contributed by atoms with E-state index in [0.29, 0.717) is 18.6 Å². The summed E-state index contributed by atoms with van der Waals surface area (Å²) in [7, 11) is 0. The summed E-state index contributed by atoms with van der Waals surface area (Å²) in [4.78, 5) is 35.7. The van der Waals surface area contributed by atoms with Gasteiger partial charge in [0.05, 0.1) is 0 Å². The molecule has 1 atom stereocenters. The van der Waals surface area contributed by atoms with Crippen LogP contribution in [0, 0.1) is 0 Å². The number of aliphatic carboxylic acids is 1. The van der Waals surface area contributed by atoms with E-state index in [-0.39, 0.29) is 24.7 Å². The summed E-state index contributed by atoms with van der Waals surface area (Å²) in [6.45, 7) is 2.10. The molecule has 1 N–H and O–H groups in total. The van der Waals surface area contributed by atoms with Gasteiger partial charge < -0.3 is 5.11 Å². The van der Waals surface area contributed by atoms with Gasteiger partial charge in [0.25, 0.3) is 0 Å². The van der Waals surface area contributed by atoms with Gasteiger partial charge in [-0.25, -0.2) is 4.79 Å². The first-order valence-corrected chi connectivity index (χ1v) is 7.88. The van der Waals surface area contributed by atoms with Crippen molar-refractivity contribution in [2.45, 2.75) is 51.5 Å². The zero-order valence-corrected chi connectivity index (χ0v) is 12.1. The molecule has 1 heterocycles. The molecular weight excluding hydrogens is 266 g/mol. The lowest BCUT2D eigenvalue weighted by Gasteiger charge is -2.30. The summed E-state index contributed by atoms with van der Waals surface area (Å²) < 4.78 is 0. The van der Waals surface area contributed by atoms with E-state index in [0.717, 1.165) is 23.5 Å². The second-order valence-electron chi connectivity index (χ2n) is 4.62. The van der Waals surface area contributed by atoms with Crippen molar-refractivity contribution in [1.82, 2.24) is 4.90 Å². The lowest BCUT2D eigenvalue weighted by molar-refractivity contribution is -0.160. The van der Waals surface area contributed by atoms with Gasteiger partial charge in [-0.1, -0.05) is 13.3 Å². The van der Waals surface area contributed by atoms with E-state index in [1.54, 1.807) is 11.8 Å². The number of rotatable bonds is 8. The molecule has 19 heavy (non-hydrogen) atoms. The van der Waals surface area contributed by atoms with Crippen LogP contribution in [0.15, 0.2) is 0 Å². The molecule has 1 fully saturated rings. The molecule has 6 heteroatoms. The molecule has 1 rings (SSSR count). The average Bonchev–Trinajstić information content (AvgIpc) is 2.35. The number of hydrogen-bond donors (Lipinski definition) is 1. The Morgan fingerprint density at radius 1 is 1.32 bits per heavy atom. The number of amides is 2. The van der Waals surface area contributed by atoms with Gasteiger partial charge in [0, 0.05) is 12.8 Å². The van der Waals surface area contributed by atoms with Gasteiger partial charge in [-0.3, -0.25) is 14.5 Å². The molecule has 1 aliphatic rings. The highest BCUT2D eigenvalue weighted by atomic mass is 32.2. The molecule has 0 aromatic carbocycles. The van der Waals surface area contributed by atoms with E-state index in [9.17, 15) is 19.5 Å². The number of carbonyl (C=O) groups is 3. The summed E-state index contributed by atoms with van der Waals surface area (Å²) in [5, 5.41) is 9.21. The molecule has 0 aliphatic carbocycles. The molecule has 0 spiro atoms. The van der Waals surface area contributed by atoms with Crippen molar-refractivity contribution < 1.29 is 19.5 Å². The highest BCUT2D eigenvalue weighted by molar-refractivity contribution is 7.99. The molecule has 0 aromatic rings. The maximum Gasteiger partial charge on any atom is 0.326 e. The Morgan fingerprint density at radius 2 is 1.95 bits per heavy atom. The normalized spacial score (nSPS) is 17.6. The minimum atomic E-state index is -1.08. The van der Waals surface area contributed by atoms with Gasteiger partial charge in [-0.05, 0) is 30.8 Å². The fourth-order valence-corrected chi connectivity index (χ4v) is 3.11. The zero-order valence-electron chi connectivity index (χ0n) is 11.3. The lowest BCUT2D eigenvalue weighted by atomic mass is 10.1. The average molecular weight is 287 g/mol. The zero-order chi connectivity index (χ0) is 14.3. The van der Waals surface area contributed by atoms with Crippen LogP contribution < -0.4 is 0 Å². The summed E-state index contributed by atoms with van der Waals surface area (Å²) in [5.41, 5.74) is 0. The molecule has 0 saturated carbocycles. The quantitative estimate of drug-likeness (QED) is 0.545. The Kier molecular flexibility index (Phi) is 6.91. The summed E-state index contributed by atoms with van der Waals surface area (Å²) >= 11 is 1.68. The molecule has 5 nitrogen and oxygen atoms in total. The first-order valence-electron chi connectivity index (χ1n) is 6.73. The van der Waals surface area contributed by atoms with E-state index in [1.807, 2.05) is 0 Å². The van der Waals surface area contributed by atoms with E-state index in [1.165, 1.54) is 0 Å². The number of nitrogens with zero attached hydrogens (tertiary/aromatic N) is 1. The number of unbranched alkanes of at least 4 members (excludes halogenated alkanes) is 1. The van der Waals surface area contributed by atoms with Gasteiger partial charge in [-0.15, -0.1) is 0 Å². The van der Waals surface area contributed by atoms with Crippen LogP contribution in [0.5, 0.6) is 0 Å². The highest BCUT2D eigenvalue weighted by Gasteiger charge is 2.36. The first-order chi connectivity index (χ1) is 9.07. The van der Waals surface area contributed by atoms with Crippen LogP contribution in [0.4, 0.5) is 0 Å². The number of piperidine rings is 1. The van der Waals surface area contributed by atoms with Crippen molar-refractivity contribution in [2.24, 2.45) is 0 Å². The minimum Gasteiger partial charge on any atom is -0.480 e. The van der Waals surface area contributed by atoms with Crippen LogP contribution in [0.2, 0.25) is 0 Å². The second kappa shape index (κ2) is 8.19. The predicted octanol–water partition coefficient (Wildman–Crippen LogP) is 1.90. The number of thioether (sulfide) groups is 1. The van der Waals surface area contributed by atoms with Crippen molar-refractivity contribution in [2.75, 3.05) is 11.5 Å². The molecular formula is C13H21NO4S. The van der Waals surface area contributed by atoms with Gasteiger partial charge in [0.2, 0.25) is 11.8 Å². The monoisotopic (exact) mass is 287 g/mol. The third-order valence-electron chi connectivity index (χ3n) is 3.09. The van der Waals surface area contributed by atoms with Crippen LogP contribution in [-0.4, -0.2) is 45.3 Å². The van der Waals surface area contributed by atoms with Crippen molar-refractivity contribution in [3.8, 4) is 0 Å². The molecule has 0 radical (unpaired) electrons. The first kappa shape index (κ1) is 16.0. The van der Waals surface area contributed by atoms with Crippen LogP contribution in [-0.2, 0) is 14.4 Å². The number of likely N-dealkylation sites (tertiary alicyclic amines) is 1. The summed E-state index contributed by atoms with van der Waals surface area (Å²) in [5.74, 6) is -0.122. The topological polar surface area (TPSA) is 74.7 Å². The maximum atomic E-state index is 11.7. The van der Waals surface area contributed by atoms with E-state index in [2.05, 4.69) is 6.92 Å². The molecule has 1 aliphatic heterocycles. The fraction of sp³-hybridized carbons (Fsp3) is 0.769. The molecule has 1 saturated heterocycles.